The molecule has 1 heterocycles. The standard InChI is InChI=1S/C40H37F2N/c1-26-18-19-28-13-7-9-15-32(28)37(26)40(5,25-30-20-22-31(41)24-34(30)42)27(2)12-11-17-36-39(3,4)38-33-16-10-8-14-29(33)21-23-35(38)43(36)6/h7-24H,2,25H2,1,3-6H3/b12-11+,36-17+. The second-order valence-corrected chi connectivity index (χ2v) is 12.5. The van der Waals surface area contributed by atoms with Gasteiger partial charge in [-0.2, -0.15) is 0 Å². The van der Waals surface area contributed by atoms with Crippen LogP contribution in [0.1, 0.15) is 43.0 Å². The van der Waals surface area contributed by atoms with Gasteiger partial charge in [0.05, 0.1) is 0 Å². The van der Waals surface area contributed by atoms with E-state index in [1.54, 1.807) is 6.07 Å². The molecule has 0 saturated carbocycles. The first-order chi connectivity index (χ1) is 20.5. The lowest BCUT2D eigenvalue weighted by Gasteiger charge is -2.34. The number of hydrogen-bond donors (Lipinski definition) is 0. The Morgan fingerprint density at radius 3 is 2.26 bits per heavy atom. The molecule has 1 unspecified atom stereocenters. The number of rotatable bonds is 6. The summed E-state index contributed by atoms with van der Waals surface area (Å²) < 4.78 is 28.9. The normalized spacial score (nSPS) is 16.7. The van der Waals surface area contributed by atoms with Gasteiger partial charge in [0.2, 0.25) is 0 Å². The fraction of sp³-hybridized carbons (Fsp3) is 0.200. The van der Waals surface area contributed by atoms with E-state index in [0.29, 0.717) is 12.0 Å². The van der Waals surface area contributed by atoms with Crippen LogP contribution in [0.5, 0.6) is 0 Å². The molecule has 0 amide bonds. The Labute approximate surface area is 253 Å². The highest BCUT2D eigenvalue weighted by molar-refractivity contribution is 5.95. The molecule has 0 fully saturated rings. The number of anilines is 1. The maximum Gasteiger partial charge on any atom is 0.129 e. The van der Waals surface area contributed by atoms with Crippen LogP contribution in [0.2, 0.25) is 0 Å². The molecule has 1 nitrogen and oxygen atoms in total. The van der Waals surface area contributed by atoms with E-state index in [9.17, 15) is 4.39 Å². The largest absolute Gasteiger partial charge is 0.347 e. The molecule has 5 aromatic carbocycles. The molecule has 1 aliphatic rings. The first kappa shape index (κ1) is 28.6. The number of aryl methyl sites for hydroxylation is 1. The van der Waals surface area contributed by atoms with E-state index in [1.807, 2.05) is 12.1 Å². The molecule has 216 valence electrons. The summed E-state index contributed by atoms with van der Waals surface area (Å²) in [6.45, 7) is 13.3. The average molecular weight is 570 g/mol. The summed E-state index contributed by atoms with van der Waals surface area (Å²) in [6.07, 6.45) is 6.65. The van der Waals surface area contributed by atoms with Crippen molar-refractivity contribution in [1.82, 2.24) is 0 Å². The van der Waals surface area contributed by atoms with Crippen molar-refractivity contribution < 1.29 is 8.78 Å². The van der Waals surface area contributed by atoms with Gasteiger partial charge in [0.15, 0.2) is 0 Å². The lowest BCUT2D eigenvalue weighted by Crippen LogP contribution is -2.28. The molecular weight excluding hydrogens is 532 g/mol. The van der Waals surface area contributed by atoms with Crippen LogP contribution in [-0.2, 0) is 17.3 Å². The third kappa shape index (κ3) is 4.77. The SMILES string of the molecule is C=C(/C=C/C=C1/N(C)c2ccc3ccccc3c2C1(C)C)C(C)(Cc1ccc(F)cc1F)c1c(C)ccc2ccccc12. The van der Waals surface area contributed by atoms with Gasteiger partial charge in [0, 0.05) is 35.3 Å². The highest BCUT2D eigenvalue weighted by atomic mass is 19.1. The Morgan fingerprint density at radius 1 is 0.884 bits per heavy atom. The Morgan fingerprint density at radius 2 is 1.53 bits per heavy atom. The Kier molecular flexibility index (Phi) is 7.08. The van der Waals surface area contributed by atoms with E-state index in [-0.39, 0.29) is 5.41 Å². The maximum absolute atomic E-state index is 15.1. The van der Waals surface area contributed by atoms with E-state index >= 15 is 4.39 Å². The van der Waals surface area contributed by atoms with Gasteiger partial charge in [-0.25, -0.2) is 8.78 Å². The average Bonchev–Trinajstić information content (AvgIpc) is 3.18. The molecule has 0 N–H and O–H groups in total. The summed E-state index contributed by atoms with van der Waals surface area (Å²) in [4.78, 5) is 2.27. The zero-order chi connectivity index (χ0) is 30.5. The minimum atomic E-state index is -0.658. The van der Waals surface area contributed by atoms with Gasteiger partial charge in [0.1, 0.15) is 11.6 Å². The summed E-state index contributed by atoms with van der Waals surface area (Å²) in [6, 6.07) is 29.3. The predicted octanol–water partition coefficient (Wildman–Crippen LogP) is 10.5. The maximum atomic E-state index is 15.1. The third-order valence-electron chi connectivity index (χ3n) is 9.40. The van der Waals surface area contributed by atoms with Crippen LogP contribution in [-0.4, -0.2) is 7.05 Å². The highest BCUT2D eigenvalue weighted by Crippen LogP contribution is 2.50. The second kappa shape index (κ2) is 10.6. The quantitative estimate of drug-likeness (QED) is 0.184. The minimum absolute atomic E-state index is 0.205. The zero-order valence-electron chi connectivity index (χ0n) is 25.5. The van der Waals surface area contributed by atoms with Crippen LogP contribution < -0.4 is 4.90 Å². The van der Waals surface area contributed by atoms with Gasteiger partial charge in [0.25, 0.3) is 0 Å². The van der Waals surface area contributed by atoms with Crippen LogP contribution in [0, 0.1) is 18.6 Å². The summed E-state index contributed by atoms with van der Waals surface area (Å²) in [5, 5.41) is 4.74. The molecule has 1 atom stereocenters. The van der Waals surface area contributed by atoms with Crippen molar-refractivity contribution in [1.29, 1.82) is 0 Å². The number of allylic oxidation sites excluding steroid dienone is 5. The van der Waals surface area contributed by atoms with Crippen molar-refractivity contribution >= 4 is 27.2 Å². The van der Waals surface area contributed by atoms with Crippen molar-refractivity contribution in [3.05, 3.63) is 161 Å². The number of hydrogen-bond acceptors (Lipinski definition) is 1. The highest BCUT2D eigenvalue weighted by Gasteiger charge is 2.39. The molecule has 3 heteroatoms. The smallest absolute Gasteiger partial charge is 0.129 e. The second-order valence-electron chi connectivity index (χ2n) is 12.5. The third-order valence-corrected chi connectivity index (χ3v) is 9.40. The van der Waals surface area contributed by atoms with E-state index in [0.717, 1.165) is 33.5 Å². The zero-order valence-corrected chi connectivity index (χ0v) is 25.5. The van der Waals surface area contributed by atoms with E-state index in [4.69, 9.17) is 0 Å². The summed E-state index contributed by atoms with van der Waals surface area (Å²) in [7, 11) is 2.12. The first-order valence-corrected chi connectivity index (χ1v) is 14.8. The lowest BCUT2D eigenvalue weighted by atomic mass is 9.69. The topological polar surface area (TPSA) is 3.24 Å². The van der Waals surface area contributed by atoms with Crippen molar-refractivity contribution in [3.63, 3.8) is 0 Å². The first-order valence-electron chi connectivity index (χ1n) is 14.8. The van der Waals surface area contributed by atoms with Gasteiger partial charge in [-0.15, -0.1) is 0 Å². The van der Waals surface area contributed by atoms with Gasteiger partial charge in [-0.05, 0) is 80.9 Å². The number of halogens is 2. The van der Waals surface area contributed by atoms with Crippen molar-refractivity contribution in [2.45, 2.75) is 44.9 Å². The summed E-state index contributed by atoms with van der Waals surface area (Å²) in [5.41, 5.74) is 6.40. The van der Waals surface area contributed by atoms with Crippen LogP contribution >= 0.6 is 0 Å². The van der Waals surface area contributed by atoms with Gasteiger partial charge in [-0.1, -0.05) is 112 Å². The van der Waals surface area contributed by atoms with Crippen LogP contribution in [0.15, 0.2) is 127 Å². The molecule has 0 bridgehead atoms. The van der Waals surface area contributed by atoms with E-state index in [1.165, 1.54) is 33.8 Å². The molecule has 0 aliphatic carbocycles. The molecule has 0 radical (unpaired) electrons. The monoisotopic (exact) mass is 569 g/mol. The predicted molar refractivity (Wildman–Crippen MR) is 178 cm³/mol. The van der Waals surface area contributed by atoms with Crippen LogP contribution in [0.4, 0.5) is 14.5 Å². The fourth-order valence-electron chi connectivity index (χ4n) is 7.15. The molecule has 1 aliphatic heterocycles. The van der Waals surface area contributed by atoms with Gasteiger partial charge in [-0.3, -0.25) is 0 Å². The molecule has 0 saturated heterocycles. The number of fused-ring (bicyclic) bond motifs is 4. The lowest BCUT2D eigenvalue weighted by molar-refractivity contribution is 0.526. The fourth-order valence-corrected chi connectivity index (χ4v) is 7.15. The van der Waals surface area contributed by atoms with Crippen molar-refractivity contribution in [2.75, 3.05) is 11.9 Å². The molecule has 0 aromatic heterocycles. The van der Waals surface area contributed by atoms with Gasteiger partial charge >= 0.3 is 0 Å². The summed E-state index contributed by atoms with van der Waals surface area (Å²) in [5.74, 6) is -1.12. The minimum Gasteiger partial charge on any atom is -0.347 e. The molecule has 43 heavy (non-hydrogen) atoms. The number of benzene rings is 5. The Balaban J connectivity index is 1.43. The Hall–Kier alpha value is -4.50. The van der Waals surface area contributed by atoms with E-state index in [2.05, 4.69) is 125 Å². The summed E-state index contributed by atoms with van der Waals surface area (Å²) >= 11 is 0. The van der Waals surface area contributed by atoms with Crippen molar-refractivity contribution in [2.24, 2.45) is 0 Å². The Bertz CT molecular complexity index is 1960. The van der Waals surface area contributed by atoms with Gasteiger partial charge < -0.3 is 4.90 Å². The van der Waals surface area contributed by atoms with Crippen molar-refractivity contribution in [3.8, 4) is 0 Å². The molecular formula is C40H37F2N. The molecule has 0 spiro atoms. The molecule has 6 rings (SSSR count). The number of nitrogens with zero attached hydrogens (tertiary/aromatic N) is 1. The van der Waals surface area contributed by atoms with Crippen LogP contribution in [0.25, 0.3) is 21.5 Å². The van der Waals surface area contributed by atoms with Crippen LogP contribution in [0.3, 0.4) is 0 Å². The molecule has 5 aromatic rings. The van der Waals surface area contributed by atoms with E-state index < -0.39 is 17.0 Å². The number of likely N-dealkylation sites (N-methyl/N-ethyl adjacent to an activating group) is 1.